The van der Waals surface area contributed by atoms with Crippen molar-refractivity contribution in [3.8, 4) is 0 Å². The molecule has 0 radical (unpaired) electrons. The summed E-state index contributed by atoms with van der Waals surface area (Å²) in [6.07, 6.45) is 0. The number of nitrogens with zero attached hydrogens (tertiary/aromatic N) is 1. The molecule has 0 aliphatic rings. The molecule has 0 amide bonds. The minimum Gasteiger partial charge on any atom is -0.314 e. The van der Waals surface area contributed by atoms with Crippen LogP contribution in [-0.2, 0) is 6.54 Å². The molecule has 0 aliphatic heterocycles. The molecule has 0 aromatic heterocycles. The largest absolute Gasteiger partial charge is 0.314 e. The van der Waals surface area contributed by atoms with Crippen LogP contribution in [0.25, 0.3) is 0 Å². The Hall–Kier alpha value is -1.41. The quantitative estimate of drug-likeness (QED) is 0.766. The van der Waals surface area contributed by atoms with E-state index in [-0.39, 0.29) is 0 Å². The van der Waals surface area contributed by atoms with Gasteiger partial charge in [-0.1, -0.05) is 61.3 Å². The zero-order valence-corrected chi connectivity index (χ0v) is 9.27. The standard InChI is InChI=1S/C13H13NS/c15-14(13-9-5-2-6-10-13)11-12-7-3-1-4-8-12/h1-10,15H,11H2. The van der Waals surface area contributed by atoms with Crippen molar-refractivity contribution >= 4 is 18.5 Å². The summed E-state index contributed by atoms with van der Waals surface area (Å²) in [4.78, 5) is 0. The fourth-order valence-corrected chi connectivity index (χ4v) is 1.74. The maximum Gasteiger partial charge on any atom is 0.0543 e. The SMILES string of the molecule is SN(Cc1ccccc1)c1ccccc1. The average molecular weight is 215 g/mol. The molecule has 2 aromatic carbocycles. The van der Waals surface area contributed by atoms with Gasteiger partial charge in [0.25, 0.3) is 0 Å². The fraction of sp³-hybridized carbons (Fsp3) is 0.0769. The van der Waals surface area contributed by atoms with Crippen LogP contribution in [-0.4, -0.2) is 0 Å². The first kappa shape index (κ1) is 10.1. The van der Waals surface area contributed by atoms with E-state index in [2.05, 4.69) is 37.1 Å². The number of hydrogen-bond acceptors (Lipinski definition) is 2. The van der Waals surface area contributed by atoms with Gasteiger partial charge < -0.3 is 4.31 Å². The molecule has 1 nitrogen and oxygen atoms in total. The average Bonchev–Trinajstić information content (AvgIpc) is 2.31. The highest BCUT2D eigenvalue weighted by atomic mass is 32.1. The Bertz CT molecular complexity index is 399. The van der Waals surface area contributed by atoms with Crippen molar-refractivity contribution in [3.05, 3.63) is 66.2 Å². The van der Waals surface area contributed by atoms with E-state index in [1.54, 1.807) is 0 Å². The minimum atomic E-state index is 0.813. The molecule has 0 N–H and O–H groups in total. The molecule has 0 atom stereocenters. The number of anilines is 1. The van der Waals surface area contributed by atoms with E-state index in [1.807, 2.05) is 40.7 Å². The maximum absolute atomic E-state index is 4.46. The molecule has 76 valence electrons. The van der Waals surface area contributed by atoms with Crippen LogP contribution in [0.2, 0.25) is 0 Å². The second-order valence-electron chi connectivity index (χ2n) is 3.38. The van der Waals surface area contributed by atoms with Crippen molar-refractivity contribution in [2.45, 2.75) is 6.54 Å². The third kappa shape index (κ3) is 2.77. The summed E-state index contributed by atoms with van der Waals surface area (Å²) in [5.74, 6) is 0. The van der Waals surface area contributed by atoms with E-state index in [0.29, 0.717) is 0 Å². The molecule has 0 unspecified atom stereocenters. The molecule has 0 saturated heterocycles. The zero-order chi connectivity index (χ0) is 10.5. The Morgan fingerprint density at radius 3 is 1.93 bits per heavy atom. The molecule has 15 heavy (non-hydrogen) atoms. The van der Waals surface area contributed by atoms with Crippen LogP contribution < -0.4 is 4.31 Å². The first-order chi connectivity index (χ1) is 7.36. The first-order valence-electron chi connectivity index (χ1n) is 4.91. The molecule has 0 saturated carbocycles. The van der Waals surface area contributed by atoms with E-state index in [1.165, 1.54) is 5.56 Å². The highest BCUT2D eigenvalue weighted by Crippen LogP contribution is 2.18. The first-order valence-corrected chi connectivity index (χ1v) is 5.31. The predicted octanol–water partition coefficient (Wildman–Crippen LogP) is 3.54. The second kappa shape index (κ2) is 4.89. The molecule has 0 fully saturated rings. The molecular formula is C13H13NS. The monoisotopic (exact) mass is 215 g/mol. The normalized spacial score (nSPS) is 9.93. The summed E-state index contributed by atoms with van der Waals surface area (Å²) in [6.45, 7) is 0.813. The van der Waals surface area contributed by atoms with Crippen LogP contribution in [0.5, 0.6) is 0 Å². The Kier molecular flexibility index (Phi) is 3.30. The molecular weight excluding hydrogens is 202 g/mol. The highest BCUT2D eigenvalue weighted by molar-refractivity contribution is 7.81. The van der Waals surface area contributed by atoms with Crippen LogP contribution in [0.3, 0.4) is 0 Å². The van der Waals surface area contributed by atoms with Crippen molar-refractivity contribution < 1.29 is 0 Å². The van der Waals surface area contributed by atoms with Crippen molar-refractivity contribution in [3.63, 3.8) is 0 Å². The van der Waals surface area contributed by atoms with Crippen LogP contribution in [0.1, 0.15) is 5.56 Å². The van der Waals surface area contributed by atoms with Gasteiger partial charge in [0.05, 0.1) is 6.54 Å². The lowest BCUT2D eigenvalue weighted by molar-refractivity contribution is 1.06. The topological polar surface area (TPSA) is 3.24 Å². The van der Waals surface area contributed by atoms with Crippen LogP contribution in [0, 0.1) is 0 Å². The summed E-state index contributed by atoms with van der Waals surface area (Å²) < 4.78 is 1.94. The third-order valence-electron chi connectivity index (χ3n) is 2.23. The molecule has 0 aliphatic carbocycles. The van der Waals surface area contributed by atoms with Crippen LogP contribution in [0.4, 0.5) is 5.69 Å². The van der Waals surface area contributed by atoms with Gasteiger partial charge in [0.1, 0.15) is 0 Å². The Morgan fingerprint density at radius 1 is 0.800 bits per heavy atom. The summed E-state index contributed by atoms with van der Waals surface area (Å²) in [5.41, 5.74) is 2.38. The Morgan fingerprint density at radius 2 is 1.33 bits per heavy atom. The molecule has 0 bridgehead atoms. The van der Waals surface area contributed by atoms with Gasteiger partial charge in [0, 0.05) is 5.69 Å². The Balaban J connectivity index is 2.08. The lowest BCUT2D eigenvalue weighted by atomic mass is 10.2. The van der Waals surface area contributed by atoms with Crippen molar-refractivity contribution in [1.82, 2.24) is 0 Å². The second-order valence-corrected chi connectivity index (χ2v) is 3.86. The lowest BCUT2D eigenvalue weighted by Crippen LogP contribution is -2.09. The number of rotatable bonds is 3. The minimum absolute atomic E-state index is 0.813. The van der Waals surface area contributed by atoms with E-state index in [4.69, 9.17) is 0 Å². The maximum atomic E-state index is 4.46. The summed E-state index contributed by atoms with van der Waals surface area (Å²) in [5, 5.41) is 0. The van der Waals surface area contributed by atoms with Crippen molar-refractivity contribution in [1.29, 1.82) is 0 Å². The molecule has 2 rings (SSSR count). The Labute approximate surface area is 95.9 Å². The molecule has 0 heterocycles. The molecule has 2 heteroatoms. The lowest BCUT2D eigenvalue weighted by Gasteiger charge is -2.17. The third-order valence-corrected chi connectivity index (χ3v) is 2.60. The number of para-hydroxylation sites is 1. The molecule has 2 aromatic rings. The highest BCUT2D eigenvalue weighted by Gasteiger charge is 2.00. The van der Waals surface area contributed by atoms with Crippen LogP contribution >= 0.6 is 12.8 Å². The van der Waals surface area contributed by atoms with Gasteiger partial charge in [-0.15, -0.1) is 0 Å². The molecule has 0 spiro atoms. The van der Waals surface area contributed by atoms with Crippen molar-refractivity contribution in [2.24, 2.45) is 0 Å². The van der Waals surface area contributed by atoms with E-state index >= 15 is 0 Å². The summed E-state index contributed by atoms with van der Waals surface area (Å²) >= 11 is 4.46. The van der Waals surface area contributed by atoms with Gasteiger partial charge in [-0.25, -0.2) is 0 Å². The van der Waals surface area contributed by atoms with E-state index < -0.39 is 0 Å². The number of thiol groups is 1. The van der Waals surface area contributed by atoms with Crippen LogP contribution in [0.15, 0.2) is 60.7 Å². The van der Waals surface area contributed by atoms with Gasteiger partial charge in [-0.2, -0.15) is 0 Å². The predicted molar refractivity (Wildman–Crippen MR) is 68.1 cm³/mol. The smallest absolute Gasteiger partial charge is 0.0543 e. The summed E-state index contributed by atoms with van der Waals surface area (Å²) in [6, 6.07) is 20.5. The summed E-state index contributed by atoms with van der Waals surface area (Å²) in [7, 11) is 0. The number of benzene rings is 2. The number of hydrogen-bond donors (Lipinski definition) is 1. The fourth-order valence-electron chi connectivity index (χ4n) is 1.45. The van der Waals surface area contributed by atoms with Gasteiger partial charge in [0.15, 0.2) is 0 Å². The van der Waals surface area contributed by atoms with Gasteiger partial charge >= 0.3 is 0 Å². The van der Waals surface area contributed by atoms with Gasteiger partial charge in [-0.05, 0) is 17.7 Å². The van der Waals surface area contributed by atoms with E-state index in [0.717, 1.165) is 12.2 Å². The van der Waals surface area contributed by atoms with Crippen molar-refractivity contribution in [2.75, 3.05) is 4.31 Å². The zero-order valence-electron chi connectivity index (χ0n) is 8.38. The van der Waals surface area contributed by atoms with Gasteiger partial charge in [0.2, 0.25) is 0 Å². The van der Waals surface area contributed by atoms with Gasteiger partial charge in [-0.3, -0.25) is 0 Å². The van der Waals surface area contributed by atoms with E-state index in [9.17, 15) is 0 Å².